The summed E-state index contributed by atoms with van der Waals surface area (Å²) in [4.78, 5) is 20.2. The minimum absolute atomic E-state index is 0.0125. The molecule has 1 N–H and O–H groups in total. The highest BCUT2D eigenvalue weighted by molar-refractivity contribution is 6.29. The van der Waals surface area contributed by atoms with Crippen molar-refractivity contribution in [1.82, 2.24) is 19.6 Å². The summed E-state index contributed by atoms with van der Waals surface area (Å²) >= 11 is 5.78. The lowest BCUT2D eigenvalue weighted by Gasteiger charge is -2.28. The number of hydrogen-bond donors (Lipinski definition) is 1. The van der Waals surface area contributed by atoms with Gasteiger partial charge in [0.1, 0.15) is 11.1 Å². The number of nitrogens with zero attached hydrogens (tertiary/aromatic N) is 5. The van der Waals surface area contributed by atoms with Gasteiger partial charge in [0.2, 0.25) is 0 Å². The van der Waals surface area contributed by atoms with Gasteiger partial charge in [-0.25, -0.2) is 23.7 Å². The van der Waals surface area contributed by atoms with Gasteiger partial charge in [0.15, 0.2) is 16.6 Å². The normalized spacial score (nSPS) is 18.8. The predicted octanol–water partition coefficient (Wildman–Crippen LogP) is 4.81. The van der Waals surface area contributed by atoms with E-state index >= 15 is 0 Å². The lowest BCUT2D eigenvalue weighted by molar-refractivity contribution is -0.181. The third kappa shape index (κ3) is 3.38. The molecule has 1 aliphatic rings. The van der Waals surface area contributed by atoms with Crippen LogP contribution in [0.2, 0.25) is 5.15 Å². The summed E-state index contributed by atoms with van der Waals surface area (Å²) in [6.45, 7) is -0.141. The maximum Gasteiger partial charge on any atom is 0.433 e. The smallest absolute Gasteiger partial charge is 0.305 e. The van der Waals surface area contributed by atoms with Crippen molar-refractivity contribution in [2.75, 3.05) is 16.8 Å². The van der Waals surface area contributed by atoms with Crippen LogP contribution < -0.4 is 10.2 Å². The van der Waals surface area contributed by atoms with Gasteiger partial charge in [0.05, 0.1) is 29.5 Å². The van der Waals surface area contributed by atoms with Gasteiger partial charge in [-0.15, -0.1) is 0 Å². The Morgan fingerprint density at radius 2 is 1.84 bits per heavy atom. The van der Waals surface area contributed by atoms with Crippen molar-refractivity contribution in [1.29, 1.82) is 0 Å². The third-order valence-corrected chi connectivity index (χ3v) is 5.16. The Morgan fingerprint density at radius 1 is 1.16 bits per heavy atom. The number of urea groups is 1. The average Bonchev–Trinajstić information content (AvgIpc) is 3.19. The largest absolute Gasteiger partial charge is 0.433 e. The summed E-state index contributed by atoms with van der Waals surface area (Å²) in [6, 6.07) is 0.144. The van der Waals surface area contributed by atoms with Crippen molar-refractivity contribution in [2.24, 2.45) is 0 Å². The molecule has 32 heavy (non-hydrogen) atoms. The lowest BCUT2D eigenvalue weighted by Crippen LogP contribution is -2.46. The Kier molecular flexibility index (Phi) is 4.77. The number of halogens is 8. The fourth-order valence-electron chi connectivity index (χ4n) is 3.36. The Labute approximate surface area is 178 Å². The van der Waals surface area contributed by atoms with Crippen LogP contribution in [0.1, 0.15) is 18.3 Å². The van der Waals surface area contributed by atoms with Crippen LogP contribution >= 0.6 is 11.6 Å². The lowest BCUT2D eigenvalue weighted by atomic mass is 9.88. The highest BCUT2D eigenvalue weighted by Crippen LogP contribution is 2.50. The zero-order valence-corrected chi connectivity index (χ0v) is 16.4. The standard InChI is InChI=1S/C17H10ClF7N6O/c1-15(17(23,24)25)6-30(9-5-27-12-3-11(18)29-31(12)13(9)15)14(32)28-8-2-10(16(20,21)22)26-4-7(8)19/h2-5H,6H2,1H3,(H,26,28,32)/t15-/m1/s1. The molecule has 0 saturated heterocycles. The molecule has 0 bridgehead atoms. The molecule has 1 atom stereocenters. The van der Waals surface area contributed by atoms with E-state index in [9.17, 15) is 35.5 Å². The molecule has 4 rings (SSSR count). The molecule has 170 valence electrons. The number of carbonyl (C=O) groups is 1. The first-order chi connectivity index (χ1) is 14.7. The van der Waals surface area contributed by atoms with E-state index in [2.05, 4.69) is 15.1 Å². The topological polar surface area (TPSA) is 75.4 Å². The van der Waals surface area contributed by atoms with Crippen molar-refractivity contribution >= 4 is 34.7 Å². The van der Waals surface area contributed by atoms with E-state index in [0.717, 1.165) is 17.6 Å². The SMILES string of the molecule is C[C@@]1(C(F)(F)F)CN(C(=O)Nc2cc(C(F)(F)F)ncc2F)c2cnc3cc(Cl)nn3c21. The number of rotatable bonds is 1. The Morgan fingerprint density at radius 3 is 2.47 bits per heavy atom. The van der Waals surface area contributed by atoms with Gasteiger partial charge in [-0.2, -0.15) is 31.4 Å². The van der Waals surface area contributed by atoms with Gasteiger partial charge in [-0.3, -0.25) is 4.90 Å². The molecular weight excluding hydrogens is 473 g/mol. The maximum atomic E-state index is 14.0. The van der Waals surface area contributed by atoms with Gasteiger partial charge in [0.25, 0.3) is 0 Å². The summed E-state index contributed by atoms with van der Waals surface area (Å²) in [5, 5.41) is 5.52. The zero-order chi connectivity index (χ0) is 23.6. The molecule has 7 nitrogen and oxygen atoms in total. The summed E-state index contributed by atoms with van der Waals surface area (Å²) in [7, 11) is 0. The highest BCUT2D eigenvalue weighted by Gasteiger charge is 2.60. The second-order valence-corrected chi connectivity index (χ2v) is 7.51. The average molecular weight is 483 g/mol. The summed E-state index contributed by atoms with van der Waals surface area (Å²) < 4.78 is 95.5. The first-order valence-electron chi connectivity index (χ1n) is 8.65. The Bertz CT molecular complexity index is 1240. The molecule has 15 heteroatoms. The van der Waals surface area contributed by atoms with Crippen LogP contribution in [0.3, 0.4) is 0 Å². The van der Waals surface area contributed by atoms with Crippen LogP contribution in [0.15, 0.2) is 24.5 Å². The number of pyridine rings is 1. The number of amides is 2. The van der Waals surface area contributed by atoms with E-state index < -0.39 is 53.2 Å². The molecule has 0 aromatic carbocycles. The minimum Gasteiger partial charge on any atom is -0.305 e. The zero-order valence-electron chi connectivity index (χ0n) is 15.7. The Hall–Kier alpha value is -3.16. The molecule has 1 aliphatic heterocycles. The van der Waals surface area contributed by atoms with Gasteiger partial charge >= 0.3 is 18.4 Å². The number of nitrogens with one attached hydrogen (secondary N) is 1. The van der Waals surface area contributed by atoms with E-state index in [-0.39, 0.29) is 28.8 Å². The number of alkyl halides is 6. The fourth-order valence-corrected chi connectivity index (χ4v) is 3.54. The van der Waals surface area contributed by atoms with Crippen LogP contribution in [-0.4, -0.2) is 38.3 Å². The van der Waals surface area contributed by atoms with E-state index in [1.807, 2.05) is 5.32 Å². The Balaban J connectivity index is 1.78. The third-order valence-electron chi connectivity index (χ3n) is 4.98. The van der Waals surface area contributed by atoms with Crippen molar-refractivity contribution in [3.05, 3.63) is 46.9 Å². The number of aromatic nitrogens is 4. The molecule has 2 amide bonds. The molecule has 3 aromatic rings. The van der Waals surface area contributed by atoms with Crippen LogP contribution in [0.25, 0.3) is 5.65 Å². The number of fused-ring (bicyclic) bond motifs is 3. The molecule has 0 fully saturated rings. The highest BCUT2D eigenvalue weighted by atomic mass is 35.5. The van der Waals surface area contributed by atoms with Crippen molar-refractivity contribution in [3.63, 3.8) is 0 Å². The second kappa shape index (κ2) is 6.92. The molecule has 0 radical (unpaired) electrons. The van der Waals surface area contributed by atoms with Crippen LogP contribution in [0, 0.1) is 5.82 Å². The number of hydrogen-bond acceptors (Lipinski definition) is 4. The molecule has 0 spiro atoms. The first kappa shape index (κ1) is 22.0. The quantitative estimate of drug-likeness (QED) is 0.505. The minimum atomic E-state index is -4.93. The number of carbonyl (C=O) groups excluding carboxylic acids is 1. The van der Waals surface area contributed by atoms with Gasteiger partial charge < -0.3 is 5.32 Å². The predicted molar refractivity (Wildman–Crippen MR) is 97.0 cm³/mol. The van der Waals surface area contributed by atoms with Crippen LogP contribution in [0.4, 0.5) is 46.9 Å². The second-order valence-electron chi connectivity index (χ2n) is 7.12. The maximum absolute atomic E-state index is 14.0. The molecule has 0 unspecified atom stereocenters. The fraction of sp³-hybridized carbons (Fsp3) is 0.294. The van der Waals surface area contributed by atoms with Gasteiger partial charge in [-0.1, -0.05) is 11.6 Å². The molecular formula is C17H10ClF7N6O. The van der Waals surface area contributed by atoms with E-state index in [4.69, 9.17) is 11.6 Å². The van der Waals surface area contributed by atoms with Gasteiger partial charge in [-0.05, 0) is 13.0 Å². The molecule has 0 saturated carbocycles. The van der Waals surface area contributed by atoms with Crippen LogP contribution in [0.5, 0.6) is 0 Å². The van der Waals surface area contributed by atoms with Crippen LogP contribution in [-0.2, 0) is 11.6 Å². The molecule has 4 heterocycles. The van der Waals surface area contributed by atoms with Crippen molar-refractivity contribution in [3.8, 4) is 0 Å². The van der Waals surface area contributed by atoms with E-state index in [0.29, 0.717) is 4.90 Å². The van der Waals surface area contributed by atoms with Crippen molar-refractivity contribution < 1.29 is 35.5 Å². The van der Waals surface area contributed by atoms with E-state index in [1.165, 1.54) is 6.07 Å². The summed E-state index contributed by atoms with van der Waals surface area (Å²) in [5.41, 5.74) is -5.82. The van der Waals surface area contributed by atoms with Crippen molar-refractivity contribution in [2.45, 2.75) is 24.7 Å². The molecule has 3 aromatic heterocycles. The number of anilines is 2. The summed E-state index contributed by atoms with van der Waals surface area (Å²) in [5.74, 6) is -1.31. The molecule has 0 aliphatic carbocycles. The van der Waals surface area contributed by atoms with E-state index in [1.54, 1.807) is 0 Å². The first-order valence-corrected chi connectivity index (χ1v) is 9.03. The summed E-state index contributed by atoms with van der Waals surface area (Å²) in [6.07, 6.45) is -8.58. The monoisotopic (exact) mass is 482 g/mol. The van der Waals surface area contributed by atoms with Gasteiger partial charge in [0, 0.05) is 12.6 Å².